The van der Waals surface area contributed by atoms with Crippen molar-refractivity contribution in [1.29, 1.82) is 0 Å². The van der Waals surface area contributed by atoms with E-state index < -0.39 is 10.0 Å². The van der Waals surface area contributed by atoms with E-state index in [0.717, 1.165) is 6.42 Å². The summed E-state index contributed by atoms with van der Waals surface area (Å²) < 4.78 is 24.3. The van der Waals surface area contributed by atoms with E-state index >= 15 is 0 Å². The Bertz CT molecular complexity index is 383. The number of nitrogens with zero attached hydrogens (tertiary/aromatic N) is 2. The molecule has 1 N–H and O–H groups in total. The van der Waals surface area contributed by atoms with Crippen LogP contribution in [0.25, 0.3) is 0 Å². The summed E-state index contributed by atoms with van der Waals surface area (Å²) in [7, 11) is -3.15. The maximum absolute atomic E-state index is 11.9. The van der Waals surface area contributed by atoms with E-state index in [1.54, 1.807) is 4.90 Å². The van der Waals surface area contributed by atoms with Crippen LogP contribution in [-0.2, 0) is 10.0 Å². The number of amides is 2. The molecule has 0 aromatic carbocycles. The molecule has 0 radical (unpaired) electrons. The lowest BCUT2D eigenvalue weighted by molar-refractivity contribution is 0.196. The van der Waals surface area contributed by atoms with Crippen molar-refractivity contribution in [3.05, 3.63) is 0 Å². The van der Waals surface area contributed by atoms with Crippen LogP contribution in [0.3, 0.4) is 0 Å². The Morgan fingerprint density at radius 3 is 2.50 bits per heavy atom. The fourth-order valence-electron chi connectivity index (χ4n) is 1.83. The zero-order chi connectivity index (χ0) is 13.8. The normalized spacial score (nSPS) is 20.3. The maximum atomic E-state index is 11.9. The van der Waals surface area contributed by atoms with Gasteiger partial charge in [-0.15, -0.1) is 0 Å². The van der Waals surface area contributed by atoms with Crippen LogP contribution < -0.4 is 5.32 Å². The van der Waals surface area contributed by atoms with Crippen molar-refractivity contribution >= 4 is 16.1 Å². The van der Waals surface area contributed by atoms with Crippen molar-refractivity contribution in [2.24, 2.45) is 0 Å². The molecule has 1 fully saturated rings. The topological polar surface area (TPSA) is 69.7 Å². The van der Waals surface area contributed by atoms with Crippen molar-refractivity contribution < 1.29 is 13.2 Å². The van der Waals surface area contributed by atoms with Gasteiger partial charge >= 0.3 is 6.03 Å². The Hall–Kier alpha value is -0.820. The number of urea groups is 1. The number of sulfonamides is 1. The lowest BCUT2D eigenvalue weighted by Gasteiger charge is -2.23. The lowest BCUT2D eigenvalue weighted by Crippen LogP contribution is -2.45. The van der Waals surface area contributed by atoms with Gasteiger partial charge in [0.05, 0.1) is 6.26 Å². The van der Waals surface area contributed by atoms with Gasteiger partial charge in [-0.25, -0.2) is 17.5 Å². The van der Waals surface area contributed by atoms with E-state index in [9.17, 15) is 13.2 Å². The second kappa shape index (κ2) is 6.38. The fraction of sp³-hybridized carbons (Fsp3) is 0.909. The third kappa shape index (κ3) is 4.45. The first-order chi connectivity index (χ1) is 8.34. The van der Waals surface area contributed by atoms with E-state index in [2.05, 4.69) is 5.32 Å². The molecule has 1 saturated heterocycles. The molecule has 0 unspecified atom stereocenters. The summed E-state index contributed by atoms with van der Waals surface area (Å²) in [5.74, 6) is 0. The van der Waals surface area contributed by atoms with Gasteiger partial charge in [0.1, 0.15) is 0 Å². The molecule has 18 heavy (non-hydrogen) atoms. The molecule has 0 saturated carbocycles. The van der Waals surface area contributed by atoms with Crippen LogP contribution in [0.5, 0.6) is 0 Å². The van der Waals surface area contributed by atoms with Gasteiger partial charge in [0, 0.05) is 32.2 Å². The van der Waals surface area contributed by atoms with Crippen LogP contribution in [0, 0.1) is 0 Å². The third-order valence-corrected chi connectivity index (χ3v) is 4.50. The predicted octanol–water partition coefficient (Wildman–Crippen LogP) is 0.462. The highest BCUT2D eigenvalue weighted by molar-refractivity contribution is 7.88. The van der Waals surface area contributed by atoms with Crippen LogP contribution in [0.2, 0.25) is 0 Å². The van der Waals surface area contributed by atoms with Crippen LogP contribution in [0.15, 0.2) is 0 Å². The summed E-state index contributed by atoms with van der Waals surface area (Å²) in [6.45, 7) is 5.90. The SMILES string of the molecule is CC[C@H](C)NC(=O)N1CCCN(S(C)(=O)=O)CC1. The molecule has 7 heteroatoms. The van der Waals surface area contributed by atoms with Crippen molar-refractivity contribution in [2.75, 3.05) is 32.4 Å². The molecule has 106 valence electrons. The molecule has 0 aliphatic carbocycles. The first kappa shape index (κ1) is 15.2. The summed E-state index contributed by atoms with van der Waals surface area (Å²) in [6.07, 6.45) is 2.78. The fourth-order valence-corrected chi connectivity index (χ4v) is 2.71. The average molecular weight is 277 g/mol. The zero-order valence-electron chi connectivity index (χ0n) is 11.3. The second-order valence-corrected chi connectivity index (χ2v) is 6.74. The van der Waals surface area contributed by atoms with Crippen molar-refractivity contribution in [3.8, 4) is 0 Å². The minimum absolute atomic E-state index is 0.0975. The van der Waals surface area contributed by atoms with E-state index in [-0.39, 0.29) is 12.1 Å². The summed E-state index contributed by atoms with van der Waals surface area (Å²) >= 11 is 0. The summed E-state index contributed by atoms with van der Waals surface area (Å²) in [5.41, 5.74) is 0. The van der Waals surface area contributed by atoms with Gasteiger partial charge in [0.25, 0.3) is 0 Å². The van der Waals surface area contributed by atoms with Gasteiger partial charge in [-0.1, -0.05) is 6.92 Å². The number of carbonyl (C=O) groups excluding carboxylic acids is 1. The number of nitrogens with one attached hydrogen (secondary N) is 1. The molecule has 0 bridgehead atoms. The van der Waals surface area contributed by atoms with Gasteiger partial charge < -0.3 is 10.2 Å². The Kier molecular flexibility index (Phi) is 5.40. The smallest absolute Gasteiger partial charge is 0.317 e. The van der Waals surface area contributed by atoms with Crippen LogP contribution in [-0.4, -0.2) is 62.1 Å². The van der Waals surface area contributed by atoms with Crippen LogP contribution >= 0.6 is 0 Å². The number of rotatable bonds is 3. The lowest BCUT2D eigenvalue weighted by atomic mass is 10.3. The van der Waals surface area contributed by atoms with E-state index in [4.69, 9.17) is 0 Å². The van der Waals surface area contributed by atoms with Crippen LogP contribution in [0.1, 0.15) is 26.7 Å². The zero-order valence-corrected chi connectivity index (χ0v) is 12.2. The van der Waals surface area contributed by atoms with E-state index in [1.165, 1.54) is 10.6 Å². The highest BCUT2D eigenvalue weighted by atomic mass is 32.2. The standard InChI is InChI=1S/C11H23N3O3S/c1-4-10(2)12-11(15)13-6-5-7-14(9-8-13)18(3,16)17/h10H,4-9H2,1-3H3,(H,12,15)/t10-/m0/s1. The quantitative estimate of drug-likeness (QED) is 0.815. The summed E-state index contributed by atoms with van der Waals surface area (Å²) in [4.78, 5) is 13.6. The van der Waals surface area contributed by atoms with Crippen molar-refractivity contribution in [3.63, 3.8) is 0 Å². The molecular weight excluding hydrogens is 254 g/mol. The molecule has 1 aliphatic heterocycles. The van der Waals surface area contributed by atoms with Crippen molar-refractivity contribution in [2.45, 2.75) is 32.7 Å². The van der Waals surface area contributed by atoms with Gasteiger partial charge in [0.2, 0.25) is 10.0 Å². The molecule has 0 aromatic heterocycles. The largest absolute Gasteiger partial charge is 0.336 e. The Labute approximate surface area is 109 Å². The molecule has 0 spiro atoms. The minimum Gasteiger partial charge on any atom is -0.336 e. The summed E-state index contributed by atoms with van der Waals surface area (Å²) in [6, 6.07) is 0.0477. The number of hydrogen-bond acceptors (Lipinski definition) is 3. The second-order valence-electron chi connectivity index (χ2n) is 4.76. The number of carbonyl (C=O) groups is 1. The Balaban J connectivity index is 2.54. The van der Waals surface area contributed by atoms with Gasteiger partial charge in [-0.2, -0.15) is 0 Å². The third-order valence-electron chi connectivity index (χ3n) is 3.19. The molecule has 0 aromatic rings. The minimum atomic E-state index is -3.15. The molecule has 1 atom stereocenters. The van der Waals surface area contributed by atoms with Crippen molar-refractivity contribution in [1.82, 2.24) is 14.5 Å². The highest BCUT2D eigenvalue weighted by Gasteiger charge is 2.23. The Morgan fingerprint density at radius 1 is 1.28 bits per heavy atom. The highest BCUT2D eigenvalue weighted by Crippen LogP contribution is 2.07. The summed E-state index contributed by atoms with van der Waals surface area (Å²) in [5, 5.41) is 2.90. The maximum Gasteiger partial charge on any atom is 0.317 e. The van der Waals surface area contributed by atoms with E-state index in [1.807, 2.05) is 13.8 Å². The molecule has 1 aliphatic rings. The molecule has 1 heterocycles. The first-order valence-corrected chi connectivity index (χ1v) is 8.20. The molecule has 6 nitrogen and oxygen atoms in total. The monoisotopic (exact) mass is 277 g/mol. The Morgan fingerprint density at radius 2 is 1.94 bits per heavy atom. The predicted molar refractivity (Wildman–Crippen MR) is 70.9 cm³/mol. The van der Waals surface area contributed by atoms with Crippen LogP contribution in [0.4, 0.5) is 4.79 Å². The van der Waals surface area contributed by atoms with Gasteiger partial charge in [-0.05, 0) is 19.8 Å². The first-order valence-electron chi connectivity index (χ1n) is 6.35. The molecular formula is C11H23N3O3S. The van der Waals surface area contributed by atoms with E-state index in [0.29, 0.717) is 32.6 Å². The average Bonchev–Trinajstić information content (AvgIpc) is 2.53. The molecule has 1 rings (SSSR count). The van der Waals surface area contributed by atoms with Gasteiger partial charge in [0.15, 0.2) is 0 Å². The molecule has 2 amide bonds. The van der Waals surface area contributed by atoms with Gasteiger partial charge in [-0.3, -0.25) is 0 Å². The number of hydrogen-bond donors (Lipinski definition) is 1.